The Labute approximate surface area is 195 Å². The van der Waals surface area contributed by atoms with Gasteiger partial charge >= 0.3 is 6.36 Å². The van der Waals surface area contributed by atoms with Crippen molar-refractivity contribution in [1.29, 1.82) is 0 Å². The van der Waals surface area contributed by atoms with E-state index in [2.05, 4.69) is 32.2 Å². The molecule has 0 bridgehead atoms. The zero-order valence-corrected chi connectivity index (χ0v) is 19.1. The summed E-state index contributed by atoms with van der Waals surface area (Å²) in [6.45, 7) is 5.81. The molecule has 1 aliphatic carbocycles. The second kappa shape index (κ2) is 8.67. The normalized spacial score (nSPS) is 30.0. The highest BCUT2D eigenvalue weighted by Gasteiger charge is 2.44. The molecule has 0 spiro atoms. The molecule has 9 nitrogen and oxygen atoms in total. The first-order chi connectivity index (χ1) is 16.1. The number of halogens is 3. The average molecular weight is 483 g/mol. The molecule has 2 fully saturated rings. The molecule has 3 N–H and O–H groups in total. The molecule has 0 amide bonds. The first-order valence-electron chi connectivity index (χ1n) is 11.6. The van der Waals surface area contributed by atoms with Crippen LogP contribution in [0.25, 0.3) is 0 Å². The number of nitrogens with one attached hydrogen (secondary N) is 2. The van der Waals surface area contributed by atoms with Gasteiger partial charge in [0.15, 0.2) is 5.82 Å². The van der Waals surface area contributed by atoms with E-state index in [1.807, 2.05) is 24.1 Å². The standard InChI is InChI=1S/C22H29F3N6O3/c1-13-12-33-10-9-30(13)18-11-16(21(32)6-3-15(4-7-21)34-22(23,24)25)19-14(2)29-31(20(19)27-18)17-5-8-26-28-17/h5,8,11,13-15,29,32H,3-4,6-7,9-10,12H2,1-2H3,(H,26,28)/t13-,14?,15?,21?/m1/s1. The molecule has 2 aromatic rings. The van der Waals surface area contributed by atoms with Crippen LogP contribution in [-0.2, 0) is 15.1 Å². The fraction of sp³-hybridized carbons (Fsp3) is 0.636. The summed E-state index contributed by atoms with van der Waals surface area (Å²) in [4.78, 5) is 7.11. The molecule has 3 aliphatic rings. The number of pyridine rings is 1. The zero-order chi connectivity index (χ0) is 24.1. The van der Waals surface area contributed by atoms with E-state index >= 15 is 0 Å². The highest BCUT2D eigenvalue weighted by molar-refractivity contribution is 5.69. The summed E-state index contributed by atoms with van der Waals surface area (Å²) in [6, 6.07) is 3.63. The lowest BCUT2D eigenvalue weighted by Crippen LogP contribution is -2.44. The Morgan fingerprint density at radius 3 is 2.68 bits per heavy atom. The van der Waals surface area contributed by atoms with Crippen LogP contribution >= 0.6 is 0 Å². The van der Waals surface area contributed by atoms with Crippen molar-refractivity contribution in [1.82, 2.24) is 20.6 Å². The molecule has 0 radical (unpaired) electrons. The number of H-pyrrole nitrogens is 1. The van der Waals surface area contributed by atoms with Crippen molar-refractivity contribution in [2.45, 2.75) is 69.7 Å². The highest BCUT2D eigenvalue weighted by atomic mass is 19.4. The maximum absolute atomic E-state index is 12.7. The van der Waals surface area contributed by atoms with Crippen LogP contribution in [-0.4, -0.2) is 58.6 Å². The Bertz CT molecular complexity index is 1010. The predicted molar refractivity (Wildman–Crippen MR) is 117 cm³/mol. The van der Waals surface area contributed by atoms with Gasteiger partial charge in [-0.2, -0.15) is 5.10 Å². The quantitative estimate of drug-likeness (QED) is 0.610. The van der Waals surface area contributed by atoms with Crippen molar-refractivity contribution in [3.63, 3.8) is 0 Å². The summed E-state index contributed by atoms with van der Waals surface area (Å²) in [5, 5.41) is 20.6. The van der Waals surface area contributed by atoms with Gasteiger partial charge < -0.3 is 14.7 Å². The van der Waals surface area contributed by atoms with Gasteiger partial charge in [0.1, 0.15) is 11.6 Å². The van der Waals surface area contributed by atoms with Crippen LogP contribution in [0.15, 0.2) is 18.3 Å². The predicted octanol–water partition coefficient (Wildman–Crippen LogP) is 3.41. The fourth-order valence-corrected chi connectivity index (χ4v) is 5.25. The number of aliphatic hydroxyl groups is 1. The number of alkyl halides is 3. The van der Waals surface area contributed by atoms with Crippen LogP contribution in [0.1, 0.15) is 56.7 Å². The molecular weight excluding hydrogens is 453 g/mol. The largest absolute Gasteiger partial charge is 0.522 e. The maximum Gasteiger partial charge on any atom is 0.522 e. The minimum Gasteiger partial charge on any atom is -0.385 e. The number of rotatable bonds is 4. The van der Waals surface area contributed by atoms with E-state index in [0.29, 0.717) is 42.8 Å². The molecule has 4 heterocycles. The van der Waals surface area contributed by atoms with Crippen molar-refractivity contribution in [2.75, 3.05) is 29.7 Å². The Balaban J connectivity index is 1.55. The molecule has 1 saturated carbocycles. The molecule has 5 rings (SSSR count). The third-order valence-corrected chi connectivity index (χ3v) is 6.94. The van der Waals surface area contributed by atoms with Crippen molar-refractivity contribution in [2.24, 2.45) is 0 Å². The van der Waals surface area contributed by atoms with E-state index in [1.165, 1.54) is 0 Å². The number of aromatic nitrogens is 3. The minimum absolute atomic E-state index is 0.0881. The first-order valence-corrected chi connectivity index (χ1v) is 11.6. The van der Waals surface area contributed by atoms with E-state index < -0.39 is 18.1 Å². The van der Waals surface area contributed by atoms with Gasteiger partial charge in [-0.25, -0.2) is 15.4 Å². The van der Waals surface area contributed by atoms with Crippen molar-refractivity contribution >= 4 is 17.5 Å². The van der Waals surface area contributed by atoms with Gasteiger partial charge in [-0.05, 0) is 51.2 Å². The Hall–Kier alpha value is -2.41. The van der Waals surface area contributed by atoms with Crippen LogP contribution in [0, 0.1) is 0 Å². The van der Waals surface area contributed by atoms with Crippen LogP contribution in [0.2, 0.25) is 0 Å². The molecular formula is C22H29F3N6O3. The summed E-state index contributed by atoms with van der Waals surface area (Å²) in [5.74, 6) is 2.04. The van der Waals surface area contributed by atoms with Gasteiger partial charge in [0, 0.05) is 18.2 Å². The van der Waals surface area contributed by atoms with Crippen LogP contribution in [0.4, 0.5) is 30.6 Å². The van der Waals surface area contributed by atoms with Gasteiger partial charge in [0.05, 0.1) is 43.2 Å². The van der Waals surface area contributed by atoms with Crippen molar-refractivity contribution in [3.05, 3.63) is 29.5 Å². The van der Waals surface area contributed by atoms with Gasteiger partial charge in [-0.1, -0.05) is 0 Å². The van der Waals surface area contributed by atoms with E-state index in [-0.39, 0.29) is 37.8 Å². The highest BCUT2D eigenvalue weighted by Crippen LogP contribution is 2.48. The summed E-state index contributed by atoms with van der Waals surface area (Å²) >= 11 is 0. The molecule has 2 atom stereocenters. The molecule has 0 aromatic carbocycles. The average Bonchev–Trinajstić information content (AvgIpc) is 3.42. The molecule has 2 aliphatic heterocycles. The van der Waals surface area contributed by atoms with Gasteiger partial charge in [0.2, 0.25) is 0 Å². The van der Waals surface area contributed by atoms with Crippen molar-refractivity contribution in [3.8, 4) is 0 Å². The first kappa shape index (κ1) is 23.3. The summed E-state index contributed by atoms with van der Waals surface area (Å²) in [5.41, 5.74) is 3.61. The maximum atomic E-state index is 12.7. The lowest BCUT2D eigenvalue weighted by molar-refractivity contribution is -0.347. The third kappa shape index (κ3) is 4.35. The molecule has 1 unspecified atom stereocenters. The number of hydrogen-bond acceptors (Lipinski definition) is 8. The van der Waals surface area contributed by atoms with Crippen LogP contribution < -0.4 is 15.3 Å². The van der Waals surface area contributed by atoms with E-state index in [4.69, 9.17) is 9.72 Å². The summed E-state index contributed by atoms with van der Waals surface area (Å²) in [7, 11) is 0. The van der Waals surface area contributed by atoms with E-state index in [1.54, 1.807) is 6.20 Å². The molecule has 12 heteroatoms. The van der Waals surface area contributed by atoms with Gasteiger partial charge in [-0.3, -0.25) is 9.84 Å². The van der Waals surface area contributed by atoms with Gasteiger partial charge in [0.25, 0.3) is 0 Å². The fourth-order valence-electron chi connectivity index (χ4n) is 5.25. The minimum atomic E-state index is -4.68. The Morgan fingerprint density at radius 1 is 1.26 bits per heavy atom. The second-order valence-corrected chi connectivity index (χ2v) is 9.31. The number of ether oxygens (including phenoxy) is 2. The number of anilines is 3. The summed E-state index contributed by atoms with van der Waals surface area (Å²) < 4.78 is 48.0. The number of nitrogens with zero attached hydrogens (tertiary/aromatic N) is 4. The molecule has 1 saturated heterocycles. The number of fused-ring (bicyclic) bond motifs is 1. The molecule has 34 heavy (non-hydrogen) atoms. The zero-order valence-electron chi connectivity index (χ0n) is 19.1. The molecule has 2 aromatic heterocycles. The lowest BCUT2D eigenvalue weighted by Gasteiger charge is -2.39. The third-order valence-electron chi connectivity index (χ3n) is 6.94. The monoisotopic (exact) mass is 482 g/mol. The topological polar surface area (TPSA) is 98.8 Å². The summed E-state index contributed by atoms with van der Waals surface area (Å²) in [6.07, 6.45) is -3.43. The smallest absolute Gasteiger partial charge is 0.385 e. The number of hydrazine groups is 1. The van der Waals surface area contributed by atoms with E-state index in [9.17, 15) is 18.3 Å². The Morgan fingerprint density at radius 2 is 2.03 bits per heavy atom. The number of hydrogen-bond donors (Lipinski definition) is 3. The lowest BCUT2D eigenvalue weighted by atomic mass is 9.76. The Kier molecular flexibility index (Phi) is 5.95. The SMILES string of the molecule is CC1NN(c2ccn[nH]2)c2nc(N3CCOC[C@H]3C)cc(C3(O)CCC(OC(F)(F)F)CC3)c21. The van der Waals surface area contributed by atoms with Crippen molar-refractivity contribution < 1.29 is 27.8 Å². The van der Waals surface area contributed by atoms with Crippen LogP contribution in [0.5, 0.6) is 0 Å². The second-order valence-electron chi connectivity index (χ2n) is 9.31. The van der Waals surface area contributed by atoms with E-state index in [0.717, 1.165) is 5.56 Å². The number of aromatic amines is 1. The van der Waals surface area contributed by atoms with Crippen LogP contribution in [0.3, 0.4) is 0 Å². The van der Waals surface area contributed by atoms with Gasteiger partial charge in [-0.15, -0.1) is 13.2 Å². The molecule has 186 valence electrons. The number of morpholine rings is 1.